The van der Waals surface area contributed by atoms with Crippen molar-refractivity contribution >= 4 is 47.1 Å². The Morgan fingerprint density at radius 2 is 1.83 bits per heavy atom. The fourth-order valence-corrected chi connectivity index (χ4v) is 4.44. The Hall–Kier alpha value is -4.62. The Kier molecular flexibility index (Phi) is 9.77. The monoisotopic (exact) mass is 581 g/mol. The molecular weight excluding hydrogens is 554 g/mol. The number of likely N-dealkylation sites (tertiary alicyclic amines) is 1. The zero-order valence-electron chi connectivity index (χ0n) is 21.8. The number of aromatic nitrogens is 4. The summed E-state index contributed by atoms with van der Waals surface area (Å²) in [4.78, 5) is 51.6. The number of piperidine rings is 1. The van der Waals surface area contributed by atoms with Crippen molar-refractivity contribution in [2.75, 3.05) is 18.4 Å². The van der Waals surface area contributed by atoms with Crippen LogP contribution in [0.1, 0.15) is 41.6 Å². The molecule has 0 radical (unpaired) electrons. The first-order valence-corrected chi connectivity index (χ1v) is 13.2. The van der Waals surface area contributed by atoms with E-state index in [0.29, 0.717) is 47.9 Å². The van der Waals surface area contributed by atoms with Gasteiger partial charge in [-0.3, -0.25) is 14.4 Å². The first kappa shape index (κ1) is 29.4. The van der Waals surface area contributed by atoms with Crippen molar-refractivity contribution in [1.82, 2.24) is 30.4 Å². The number of aromatic carboxylic acids is 1. The van der Waals surface area contributed by atoms with Gasteiger partial charge in [-0.05, 0) is 78.2 Å². The minimum atomic E-state index is -1.11. The van der Waals surface area contributed by atoms with E-state index >= 15 is 0 Å². The van der Waals surface area contributed by atoms with E-state index in [0.717, 1.165) is 0 Å². The van der Waals surface area contributed by atoms with Gasteiger partial charge in [0.25, 0.3) is 0 Å². The van der Waals surface area contributed by atoms with Crippen molar-refractivity contribution < 1.29 is 29.4 Å². The molecule has 4 rings (SSSR count). The second-order valence-electron chi connectivity index (χ2n) is 9.37. The number of carbonyl (C=O) groups excluding carboxylic acids is 3. The van der Waals surface area contributed by atoms with Crippen LogP contribution in [0.15, 0.2) is 54.9 Å². The Labute approximate surface area is 239 Å². The predicted octanol–water partition coefficient (Wildman–Crippen LogP) is 1.91. The number of amides is 3. The average molecular weight is 582 g/mol. The van der Waals surface area contributed by atoms with E-state index in [2.05, 4.69) is 26.2 Å². The average Bonchev–Trinajstić information content (AvgIpc) is 3.49. The van der Waals surface area contributed by atoms with Gasteiger partial charge in [0.1, 0.15) is 12.4 Å². The number of nitrogens with one attached hydrogen (secondary N) is 2. The molecule has 4 N–H and O–H groups in total. The zero-order chi connectivity index (χ0) is 29.4. The maximum absolute atomic E-state index is 13.2. The summed E-state index contributed by atoms with van der Waals surface area (Å²) in [5.41, 5.74) is 1.50. The summed E-state index contributed by atoms with van der Waals surface area (Å²) in [6, 6.07) is 9.44. The molecule has 214 valence electrons. The van der Waals surface area contributed by atoms with Crippen molar-refractivity contribution in [2.24, 2.45) is 0 Å². The highest BCUT2D eigenvalue weighted by Gasteiger charge is 2.25. The van der Waals surface area contributed by atoms with Crippen LogP contribution in [0.4, 0.5) is 5.69 Å². The van der Waals surface area contributed by atoms with E-state index in [1.807, 2.05) is 0 Å². The summed E-state index contributed by atoms with van der Waals surface area (Å²) in [5, 5.41) is 35.6. The van der Waals surface area contributed by atoms with Crippen LogP contribution in [0.25, 0.3) is 11.8 Å². The number of benzene rings is 2. The molecule has 3 amide bonds. The van der Waals surface area contributed by atoms with Crippen LogP contribution >= 0.6 is 11.6 Å². The molecule has 0 spiro atoms. The number of hydrogen-bond acceptors (Lipinski definition) is 8. The van der Waals surface area contributed by atoms with Crippen LogP contribution in [0.5, 0.6) is 0 Å². The smallest absolute Gasteiger partial charge is 0.335 e. The highest BCUT2D eigenvalue weighted by molar-refractivity contribution is 6.30. The molecule has 1 fully saturated rings. The predicted molar refractivity (Wildman–Crippen MR) is 148 cm³/mol. The van der Waals surface area contributed by atoms with Gasteiger partial charge in [0, 0.05) is 41.9 Å². The first-order chi connectivity index (χ1) is 19.7. The number of rotatable bonds is 10. The third-order valence-corrected chi connectivity index (χ3v) is 6.73. The lowest BCUT2D eigenvalue weighted by atomic mass is 10.1. The molecule has 1 aromatic heterocycles. The number of tetrazole rings is 1. The lowest BCUT2D eigenvalue weighted by Crippen LogP contribution is -2.45. The fraction of sp³-hybridized carbons (Fsp3) is 0.296. The highest BCUT2D eigenvalue weighted by atomic mass is 35.5. The summed E-state index contributed by atoms with van der Waals surface area (Å²) in [6.45, 7) is 0.844. The van der Waals surface area contributed by atoms with Gasteiger partial charge in [0.2, 0.25) is 17.7 Å². The third-order valence-electron chi connectivity index (χ3n) is 6.50. The van der Waals surface area contributed by atoms with E-state index in [4.69, 9.17) is 16.7 Å². The molecule has 0 saturated carbocycles. The molecule has 1 aliphatic heterocycles. The van der Waals surface area contributed by atoms with Crippen LogP contribution in [-0.4, -0.2) is 84.2 Å². The highest BCUT2D eigenvalue weighted by Crippen LogP contribution is 2.20. The summed E-state index contributed by atoms with van der Waals surface area (Å²) in [7, 11) is 0. The molecule has 0 aliphatic carbocycles. The minimum Gasteiger partial charge on any atom is -0.478 e. The normalized spacial score (nSPS) is 14.5. The molecule has 41 heavy (non-hydrogen) atoms. The summed E-state index contributed by atoms with van der Waals surface area (Å²) >= 11 is 6.14. The second kappa shape index (κ2) is 13.6. The summed E-state index contributed by atoms with van der Waals surface area (Å²) < 4.78 is 1.41. The Morgan fingerprint density at radius 3 is 2.49 bits per heavy atom. The number of aliphatic hydroxyl groups is 1. The van der Waals surface area contributed by atoms with E-state index in [1.165, 1.54) is 47.4 Å². The number of nitrogens with zero attached hydrogens (tertiary/aromatic N) is 5. The van der Waals surface area contributed by atoms with Gasteiger partial charge in [0.15, 0.2) is 0 Å². The third kappa shape index (κ3) is 8.19. The van der Waals surface area contributed by atoms with Gasteiger partial charge in [0.05, 0.1) is 17.4 Å². The molecule has 3 aromatic rings. The fourth-order valence-electron chi connectivity index (χ4n) is 4.26. The number of carboxylic acids is 1. The number of halogens is 1. The van der Waals surface area contributed by atoms with E-state index in [1.54, 1.807) is 23.1 Å². The molecule has 1 aliphatic rings. The van der Waals surface area contributed by atoms with E-state index in [9.17, 15) is 24.3 Å². The summed E-state index contributed by atoms with van der Waals surface area (Å²) in [5.74, 6) is -2.46. The van der Waals surface area contributed by atoms with Crippen LogP contribution < -0.4 is 10.6 Å². The van der Waals surface area contributed by atoms with Gasteiger partial charge < -0.3 is 25.7 Å². The maximum atomic E-state index is 13.2. The van der Waals surface area contributed by atoms with Crippen LogP contribution in [-0.2, 0) is 14.4 Å². The number of anilines is 1. The Balaban J connectivity index is 1.47. The van der Waals surface area contributed by atoms with Crippen molar-refractivity contribution in [1.29, 1.82) is 0 Å². The maximum Gasteiger partial charge on any atom is 0.335 e. The SMILES string of the molecule is O=C(/C=C/c1cc(Cl)ccc1-n1cnnn1)N[C@@H](CCC(=O)N1CCC(O)CC1)C(=O)Nc1ccc(C(=O)O)cc1. The number of hydrogen-bond donors (Lipinski definition) is 4. The number of carbonyl (C=O) groups is 4. The number of carboxylic acid groups (broad SMARTS) is 1. The van der Waals surface area contributed by atoms with Crippen molar-refractivity contribution in [3.05, 3.63) is 71.0 Å². The molecular formula is C27H28ClN7O6. The Morgan fingerprint density at radius 1 is 1.10 bits per heavy atom. The zero-order valence-corrected chi connectivity index (χ0v) is 22.6. The van der Waals surface area contributed by atoms with Crippen molar-refractivity contribution in [3.8, 4) is 5.69 Å². The first-order valence-electron chi connectivity index (χ1n) is 12.8. The molecule has 0 bridgehead atoms. The van der Waals surface area contributed by atoms with Gasteiger partial charge in [-0.25, -0.2) is 4.79 Å². The van der Waals surface area contributed by atoms with Crippen LogP contribution in [0.3, 0.4) is 0 Å². The second-order valence-corrected chi connectivity index (χ2v) is 9.81. The van der Waals surface area contributed by atoms with Crippen LogP contribution in [0, 0.1) is 0 Å². The molecule has 2 aromatic carbocycles. The van der Waals surface area contributed by atoms with Gasteiger partial charge in [-0.2, -0.15) is 4.68 Å². The largest absolute Gasteiger partial charge is 0.478 e. The van der Waals surface area contributed by atoms with Gasteiger partial charge >= 0.3 is 5.97 Å². The molecule has 1 atom stereocenters. The molecule has 1 saturated heterocycles. The molecule has 14 heteroatoms. The molecule has 13 nitrogen and oxygen atoms in total. The van der Waals surface area contributed by atoms with Gasteiger partial charge in [-0.15, -0.1) is 5.10 Å². The lowest BCUT2D eigenvalue weighted by molar-refractivity contribution is -0.134. The summed E-state index contributed by atoms with van der Waals surface area (Å²) in [6.07, 6.45) is 4.68. The Bertz CT molecular complexity index is 1420. The topological polar surface area (TPSA) is 180 Å². The van der Waals surface area contributed by atoms with E-state index in [-0.39, 0.29) is 24.3 Å². The van der Waals surface area contributed by atoms with Gasteiger partial charge in [-0.1, -0.05) is 11.6 Å². The molecule has 2 heterocycles. The van der Waals surface area contributed by atoms with Crippen LogP contribution in [0.2, 0.25) is 5.02 Å². The number of aliphatic hydroxyl groups excluding tert-OH is 1. The molecule has 0 unspecified atom stereocenters. The van der Waals surface area contributed by atoms with Crippen molar-refractivity contribution in [2.45, 2.75) is 37.8 Å². The van der Waals surface area contributed by atoms with Crippen molar-refractivity contribution in [3.63, 3.8) is 0 Å². The lowest BCUT2D eigenvalue weighted by Gasteiger charge is -2.30. The quantitative estimate of drug-likeness (QED) is 0.260. The van der Waals surface area contributed by atoms with E-state index < -0.39 is 29.9 Å². The minimum absolute atomic E-state index is 0.00608. The standard InChI is InChI=1S/C27H28ClN7O6/c28-19-4-8-23(35-16-29-32-33-35)18(15-19)3-9-24(37)31-22(7-10-25(38)34-13-11-21(36)12-14-34)26(39)30-20-5-1-17(2-6-20)27(40)41/h1-6,8-9,15-16,21-22,36H,7,10-14H2,(H,30,39)(H,31,37)(H,40,41)/b9-3+/t22-/m0/s1.